The van der Waals surface area contributed by atoms with Crippen molar-refractivity contribution in [2.45, 2.75) is 45.4 Å². The maximum atomic E-state index is 12.5. The van der Waals surface area contributed by atoms with Gasteiger partial charge in [0.05, 0.1) is 29.7 Å². The number of rotatable bonds is 4. The summed E-state index contributed by atoms with van der Waals surface area (Å²) in [5.41, 5.74) is 2.85. The van der Waals surface area contributed by atoms with Crippen LogP contribution in [-0.2, 0) is 27.9 Å². The molecule has 3 heterocycles. The fraction of sp³-hybridized carbons (Fsp3) is 0.667. The van der Waals surface area contributed by atoms with E-state index in [2.05, 4.69) is 10.4 Å². The summed E-state index contributed by atoms with van der Waals surface area (Å²) in [5.74, 6) is -2.49. The van der Waals surface area contributed by atoms with Gasteiger partial charge in [-0.1, -0.05) is 0 Å². The Morgan fingerprint density at radius 2 is 1.95 bits per heavy atom. The lowest BCUT2D eigenvalue weighted by Crippen LogP contribution is -2.43. The van der Waals surface area contributed by atoms with Gasteiger partial charge in [-0.2, -0.15) is 5.10 Å². The molecule has 3 rings (SSSR count). The van der Waals surface area contributed by atoms with E-state index in [1.54, 1.807) is 4.68 Å². The van der Waals surface area contributed by atoms with Crippen LogP contribution in [-0.4, -0.2) is 39.0 Å². The molecule has 2 aliphatic heterocycles. The minimum Gasteiger partial charge on any atom is -0.481 e. The van der Waals surface area contributed by atoms with Crippen molar-refractivity contribution in [1.82, 2.24) is 15.1 Å². The summed E-state index contributed by atoms with van der Waals surface area (Å²) in [6.07, 6.45) is 0.909. The zero-order valence-corrected chi connectivity index (χ0v) is 13.0. The van der Waals surface area contributed by atoms with E-state index in [9.17, 15) is 14.7 Å². The average molecular weight is 307 g/mol. The highest BCUT2D eigenvalue weighted by molar-refractivity contribution is 5.86. The molecular weight excluding hydrogens is 286 g/mol. The molecule has 2 N–H and O–H groups in total. The molecule has 22 heavy (non-hydrogen) atoms. The minimum absolute atomic E-state index is 0.234. The van der Waals surface area contributed by atoms with Gasteiger partial charge in [-0.3, -0.25) is 14.3 Å². The molecule has 2 bridgehead atoms. The van der Waals surface area contributed by atoms with Crippen molar-refractivity contribution in [3.05, 3.63) is 17.0 Å². The quantitative estimate of drug-likeness (QED) is 0.846. The van der Waals surface area contributed by atoms with Crippen LogP contribution in [0, 0.1) is 25.7 Å². The number of nitrogens with one attached hydrogen (secondary N) is 1. The third-order valence-electron chi connectivity index (χ3n) is 4.96. The topological polar surface area (TPSA) is 93.5 Å². The molecule has 0 radical (unpaired) electrons. The summed E-state index contributed by atoms with van der Waals surface area (Å²) in [7, 11) is 1.86. The summed E-state index contributed by atoms with van der Waals surface area (Å²) in [6.45, 7) is 4.21. The number of carbonyl (C=O) groups excluding carboxylic acids is 1. The zero-order chi connectivity index (χ0) is 16.0. The van der Waals surface area contributed by atoms with E-state index in [4.69, 9.17) is 4.74 Å². The molecule has 120 valence electrons. The van der Waals surface area contributed by atoms with Crippen LogP contribution in [0.4, 0.5) is 0 Å². The molecular formula is C15H21N3O4. The van der Waals surface area contributed by atoms with E-state index in [-0.39, 0.29) is 18.1 Å². The first-order chi connectivity index (χ1) is 10.4. The smallest absolute Gasteiger partial charge is 0.310 e. The highest BCUT2D eigenvalue weighted by atomic mass is 16.5. The van der Waals surface area contributed by atoms with Crippen molar-refractivity contribution < 1.29 is 19.4 Å². The van der Waals surface area contributed by atoms with Crippen LogP contribution in [0.3, 0.4) is 0 Å². The Morgan fingerprint density at radius 1 is 1.32 bits per heavy atom. The summed E-state index contributed by atoms with van der Waals surface area (Å²) < 4.78 is 7.40. The number of nitrogens with zero attached hydrogens (tertiary/aromatic N) is 2. The van der Waals surface area contributed by atoms with E-state index >= 15 is 0 Å². The van der Waals surface area contributed by atoms with E-state index in [1.807, 2.05) is 20.9 Å². The number of hydrogen-bond donors (Lipinski definition) is 2. The predicted molar refractivity (Wildman–Crippen MR) is 77.0 cm³/mol. The van der Waals surface area contributed by atoms with Crippen LogP contribution in [0.15, 0.2) is 0 Å². The number of carbonyl (C=O) groups is 2. The molecule has 1 aromatic rings. The molecule has 0 unspecified atom stereocenters. The van der Waals surface area contributed by atoms with Crippen LogP contribution in [0.2, 0.25) is 0 Å². The first-order valence-corrected chi connectivity index (χ1v) is 7.55. The van der Waals surface area contributed by atoms with E-state index < -0.39 is 17.8 Å². The van der Waals surface area contributed by atoms with E-state index in [1.165, 1.54) is 0 Å². The third-order valence-corrected chi connectivity index (χ3v) is 4.96. The van der Waals surface area contributed by atoms with Crippen LogP contribution in [0.1, 0.15) is 29.8 Å². The Morgan fingerprint density at radius 3 is 2.50 bits per heavy atom. The van der Waals surface area contributed by atoms with Crippen molar-refractivity contribution in [3.8, 4) is 0 Å². The zero-order valence-electron chi connectivity index (χ0n) is 13.0. The monoisotopic (exact) mass is 307 g/mol. The fourth-order valence-electron chi connectivity index (χ4n) is 3.69. The number of aromatic nitrogens is 2. The van der Waals surface area contributed by atoms with Crippen molar-refractivity contribution >= 4 is 11.9 Å². The Hall–Kier alpha value is -1.89. The highest BCUT2D eigenvalue weighted by Gasteiger charge is 2.55. The molecule has 0 aromatic carbocycles. The summed E-state index contributed by atoms with van der Waals surface area (Å²) in [4.78, 5) is 23.9. The highest BCUT2D eigenvalue weighted by Crippen LogP contribution is 2.43. The van der Waals surface area contributed by atoms with Crippen LogP contribution >= 0.6 is 0 Å². The second-order valence-corrected chi connectivity index (χ2v) is 6.17. The molecule has 0 spiro atoms. The molecule has 7 heteroatoms. The second-order valence-electron chi connectivity index (χ2n) is 6.17. The third kappa shape index (κ3) is 2.29. The summed E-state index contributed by atoms with van der Waals surface area (Å²) >= 11 is 0. The lowest BCUT2D eigenvalue weighted by atomic mass is 9.78. The Bertz CT molecular complexity index is 625. The Balaban J connectivity index is 1.70. The summed E-state index contributed by atoms with van der Waals surface area (Å²) in [5, 5.41) is 16.5. The van der Waals surface area contributed by atoms with Gasteiger partial charge in [0.1, 0.15) is 0 Å². The molecule has 1 aromatic heterocycles. The molecule has 7 nitrogen and oxygen atoms in total. The van der Waals surface area contributed by atoms with Gasteiger partial charge in [-0.05, 0) is 26.7 Å². The van der Waals surface area contributed by atoms with E-state index in [0.29, 0.717) is 6.54 Å². The number of aliphatic carboxylic acids is 1. The number of fused-ring (bicyclic) bond motifs is 2. The first-order valence-electron chi connectivity index (χ1n) is 7.55. The fourth-order valence-corrected chi connectivity index (χ4v) is 3.69. The van der Waals surface area contributed by atoms with Gasteiger partial charge in [-0.25, -0.2) is 0 Å². The molecule has 2 fully saturated rings. The second kappa shape index (κ2) is 5.39. The van der Waals surface area contributed by atoms with Gasteiger partial charge in [0, 0.05) is 24.8 Å². The van der Waals surface area contributed by atoms with Crippen molar-refractivity contribution in [1.29, 1.82) is 0 Å². The van der Waals surface area contributed by atoms with E-state index in [0.717, 1.165) is 29.8 Å². The van der Waals surface area contributed by atoms with Crippen molar-refractivity contribution in [3.63, 3.8) is 0 Å². The SMILES string of the molecule is Cc1nn(C)c(C)c1CNC(=O)[C@H]1[C@@H](C(=O)O)[C@@H]2CC[C@@H]1O2. The maximum absolute atomic E-state index is 12.5. The Kier molecular flexibility index (Phi) is 3.68. The van der Waals surface area contributed by atoms with Gasteiger partial charge in [0.2, 0.25) is 5.91 Å². The lowest BCUT2D eigenvalue weighted by Gasteiger charge is -2.23. The normalized spacial score (nSPS) is 29.8. The predicted octanol–water partition coefficient (Wildman–Crippen LogP) is 0.531. The van der Waals surface area contributed by atoms with Crippen molar-refractivity contribution in [2.24, 2.45) is 18.9 Å². The molecule has 1 amide bonds. The standard InChI is InChI=1S/C15H21N3O4/c1-7-9(8(2)18(3)17-7)6-16-14(19)12-10-4-5-11(22-10)13(12)15(20)21/h10-13H,4-6H2,1-3H3,(H,16,19)(H,20,21)/t10-,11-,12+,13-/m0/s1. The number of aryl methyl sites for hydroxylation is 2. The van der Waals surface area contributed by atoms with Gasteiger partial charge in [0.25, 0.3) is 0 Å². The van der Waals surface area contributed by atoms with Gasteiger partial charge >= 0.3 is 5.97 Å². The van der Waals surface area contributed by atoms with Gasteiger partial charge < -0.3 is 15.2 Å². The van der Waals surface area contributed by atoms with Crippen LogP contribution in [0.5, 0.6) is 0 Å². The lowest BCUT2D eigenvalue weighted by molar-refractivity contribution is -0.147. The van der Waals surface area contributed by atoms with Crippen LogP contribution in [0.25, 0.3) is 0 Å². The number of carboxylic acid groups (broad SMARTS) is 1. The molecule has 2 saturated heterocycles. The molecule has 2 aliphatic rings. The van der Waals surface area contributed by atoms with Gasteiger partial charge in [-0.15, -0.1) is 0 Å². The van der Waals surface area contributed by atoms with Crippen LogP contribution < -0.4 is 5.32 Å². The molecule has 0 saturated carbocycles. The van der Waals surface area contributed by atoms with Gasteiger partial charge in [0.15, 0.2) is 0 Å². The number of ether oxygens (including phenoxy) is 1. The number of carboxylic acids is 1. The largest absolute Gasteiger partial charge is 0.481 e. The first kappa shape index (κ1) is 15.0. The van der Waals surface area contributed by atoms with Crippen molar-refractivity contribution in [2.75, 3.05) is 0 Å². The molecule has 0 aliphatic carbocycles. The molecule has 4 atom stereocenters. The summed E-state index contributed by atoms with van der Waals surface area (Å²) in [6, 6.07) is 0. The number of amides is 1. The maximum Gasteiger partial charge on any atom is 0.310 e. The minimum atomic E-state index is -0.943. The average Bonchev–Trinajstić information content (AvgIpc) is 3.12. The number of hydrogen-bond acceptors (Lipinski definition) is 4. The Labute approximate surface area is 128 Å².